The minimum absolute atomic E-state index is 0.00437. The maximum absolute atomic E-state index is 12.4. The van der Waals surface area contributed by atoms with Crippen LogP contribution in [0.2, 0.25) is 0 Å². The van der Waals surface area contributed by atoms with E-state index in [0.717, 1.165) is 18.7 Å². The van der Waals surface area contributed by atoms with Crippen LogP contribution in [0.1, 0.15) is 46.8 Å². The Morgan fingerprint density at radius 3 is 2.33 bits per heavy atom. The third-order valence-electron chi connectivity index (χ3n) is 4.79. The van der Waals surface area contributed by atoms with Crippen LogP contribution in [0.4, 0.5) is 0 Å². The Morgan fingerprint density at radius 2 is 1.67 bits per heavy atom. The number of aryl methyl sites for hydroxylation is 1. The van der Waals surface area contributed by atoms with Crippen LogP contribution in [-0.2, 0) is 0 Å². The lowest BCUT2D eigenvalue weighted by Gasteiger charge is -2.35. The number of amides is 1. The van der Waals surface area contributed by atoms with Crippen LogP contribution in [-0.4, -0.2) is 30.4 Å². The highest BCUT2D eigenvalue weighted by Gasteiger charge is 2.23. The van der Waals surface area contributed by atoms with Crippen molar-refractivity contribution in [3.8, 4) is 0 Å². The Bertz CT molecular complexity index is 645. The number of piperidine rings is 1. The van der Waals surface area contributed by atoms with Crippen LogP contribution >= 0.6 is 0 Å². The highest BCUT2D eigenvalue weighted by atomic mass is 16.1. The Balaban J connectivity index is 1.72. The molecule has 1 heterocycles. The molecule has 2 aromatic rings. The predicted molar refractivity (Wildman–Crippen MR) is 98.1 cm³/mol. The van der Waals surface area contributed by atoms with E-state index >= 15 is 0 Å². The molecule has 3 nitrogen and oxygen atoms in total. The zero-order valence-corrected chi connectivity index (χ0v) is 14.4. The van der Waals surface area contributed by atoms with Gasteiger partial charge in [0, 0.05) is 12.1 Å². The molecule has 24 heavy (non-hydrogen) atoms. The van der Waals surface area contributed by atoms with E-state index in [1.807, 2.05) is 30.3 Å². The van der Waals surface area contributed by atoms with E-state index in [2.05, 4.69) is 41.4 Å². The monoisotopic (exact) mass is 322 g/mol. The first-order valence-electron chi connectivity index (χ1n) is 8.88. The molecule has 0 radical (unpaired) electrons. The molecule has 126 valence electrons. The summed E-state index contributed by atoms with van der Waals surface area (Å²) < 4.78 is 0. The van der Waals surface area contributed by atoms with Crippen molar-refractivity contribution in [2.45, 2.75) is 32.2 Å². The molecule has 1 aliphatic heterocycles. The summed E-state index contributed by atoms with van der Waals surface area (Å²) in [5, 5.41) is 3.13. The molecule has 1 aliphatic rings. The maximum Gasteiger partial charge on any atom is 0.251 e. The van der Waals surface area contributed by atoms with E-state index in [1.165, 1.54) is 30.4 Å². The second-order valence-electron chi connectivity index (χ2n) is 6.60. The molecule has 0 saturated carbocycles. The van der Waals surface area contributed by atoms with Crippen LogP contribution in [0, 0.1) is 6.92 Å². The average Bonchev–Trinajstić information content (AvgIpc) is 2.65. The standard InChI is InChI=1S/C21H26N2O/c1-17-10-12-18(13-11-17)20(23-14-6-3-7-15-23)16-22-21(24)19-8-4-2-5-9-19/h2,4-5,8-13,20H,3,6-7,14-16H2,1H3,(H,22,24). The number of carbonyl (C=O) groups excluding carboxylic acids is 1. The second-order valence-corrected chi connectivity index (χ2v) is 6.60. The van der Waals surface area contributed by atoms with Crippen LogP contribution in [0.15, 0.2) is 54.6 Å². The molecule has 0 aliphatic carbocycles. The summed E-state index contributed by atoms with van der Waals surface area (Å²) in [6, 6.07) is 18.4. The van der Waals surface area contributed by atoms with Gasteiger partial charge in [-0.15, -0.1) is 0 Å². The van der Waals surface area contributed by atoms with Gasteiger partial charge in [0.05, 0.1) is 6.04 Å². The first-order chi connectivity index (χ1) is 11.7. The first-order valence-corrected chi connectivity index (χ1v) is 8.88. The summed E-state index contributed by atoms with van der Waals surface area (Å²) >= 11 is 0. The van der Waals surface area contributed by atoms with Crippen molar-refractivity contribution in [1.29, 1.82) is 0 Å². The molecular weight excluding hydrogens is 296 g/mol. The Labute approximate surface area is 144 Å². The largest absolute Gasteiger partial charge is 0.350 e. The van der Waals surface area contributed by atoms with E-state index in [1.54, 1.807) is 0 Å². The van der Waals surface area contributed by atoms with E-state index in [0.29, 0.717) is 6.54 Å². The van der Waals surface area contributed by atoms with Gasteiger partial charge in [0.2, 0.25) is 0 Å². The number of nitrogens with one attached hydrogen (secondary N) is 1. The molecule has 0 bridgehead atoms. The van der Waals surface area contributed by atoms with Crippen LogP contribution < -0.4 is 5.32 Å². The molecule has 3 heteroatoms. The van der Waals surface area contributed by atoms with Gasteiger partial charge in [0.1, 0.15) is 0 Å². The quantitative estimate of drug-likeness (QED) is 0.904. The molecule has 1 unspecified atom stereocenters. The van der Waals surface area contributed by atoms with E-state index in [-0.39, 0.29) is 11.9 Å². The Morgan fingerprint density at radius 1 is 1.00 bits per heavy atom. The minimum Gasteiger partial charge on any atom is -0.350 e. The number of rotatable bonds is 5. The molecule has 1 fully saturated rings. The van der Waals surface area contributed by atoms with Crippen molar-refractivity contribution in [3.63, 3.8) is 0 Å². The van der Waals surface area contributed by atoms with Gasteiger partial charge in [-0.1, -0.05) is 54.4 Å². The highest BCUT2D eigenvalue weighted by molar-refractivity contribution is 5.94. The van der Waals surface area contributed by atoms with Crippen molar-refractivity contribution < 1.29 is 4.79 Å². The molecule has 1 amide bonds. The normalized spacial score (nSPS) is 16.5. The van der Waals surface area contributed by atoms with E-state index in [4.69, 9.17) is 0 Å². The molecule has 0 spiro atoms. The zero-order valence-electron chi connectivity index (χ0n) is 14.4. The summed E-state index contributed by atoms with van der Waals surface area (Å²) in [4.78, 5) is 14.9. The summed E-state index contributed by atoms with van der Waals surface area (Å²) in [5.41, 5.74) is 3.28. The fourth-order valence-corrected chi connectivity index (χ4v) is 3.36. The maximum atomic E-state index is 12.4. The van der Waals surface area contributed by atoms with Gasteiger partial charge in [-0.05, 0) is 50.6 Å². The minimum atomic E-state index is 0.00437. The molecule has 1 atom stereocenters. The van der Waals surface area contributed by atoms with Gasteiger partial charge in [0.25, 0.3) is 5.91 Å². The average molecular weight is 322 g/mol. The smallest absolute Gasteiger partial charge is 0.251 e. The predicted octanol–water partition coefficient (Wildman–Crippen LogP) is 3.95. The molecule has 3 rings (SSSR count). The SMILES string of the molecule is Cc1ccc(C(CNC(=O)c2ccccc2)N2CCCCC2)cc1. The van der Waals surface area contributed by atoms with Gasteiger partial charge in [-0.25, -0.2) is 0 Å². The highest BCUT2D eigenvalue weighted by Crippen LogP contribution is 2.24. The van der Waals surface area contributed by atoms with Gasteiger partial charge >= 0.3 is 0 Å². The van der Waals surface area contributed by atoms with Crippen LogP contribution in [0.25, 0.3) is 0 Å². The van der Waals surface area contributed by atoms with Crippen molar-refractivity contribution in [2.75, 3.05) is 19.6 Å². The number of hydrogen-bond acceptors (Lipinski definition) is 2. The van der Waals surface area contributed by atoms with Crippen LogP contribution in [0.3, 0.4) is 0 Å². The lowest BCUT2D eigenvalue weighted by atomic mass is 10.0. The third kappa shape index (κ3) is 4.24. The van der Waals surface area contributed by atoms with Crippen molar-refractivity contribution in [1.82, 2.24) is 10.2 Å². The fourth-order valence-electron chi connectivity index (χ4n) is 3.36. The number of likely N-dealkylation sites (tertiary alicyclic amines) is 1. The first kappa shape index (κ1) is 16.7. The lowest BCUT2D eigenvalue weighted by molar-refractivity contribution is 0.0924. The van der Waals surface area contributed by atoms with Gasteiger partial charge < -0.3 is 5.32 Å². The fraction of sp³-hybridized carbons (Fsp3) is 0.381. The topological polar surface area (TPSA) is 32.3 Å². The third-order valence-corrected chi connectivity index (χ3v) is 4.79. The van der Waals surface area contributed by atoms with Gasteiger partial charge in [-0.3, -0.25) is 9.69 Å². The van der Waals surface area contributed by atoms with Crippen LogP contribution in [0.5, 0.6) is 0 Å². The summed E-state index contributed by atoms with van der Waals surface area (Å²) in [6.45, 7) is 4.98. The van der Waals surface area contributed by atoms with E-state index < -0.39 is 0 Å². The van der Waals surface area contributed by atoms with Gasteiger partial charge in [0.15, 0.2) is 0 Å². The molecule has 1 N–H and O–H groups in total. The molecule has 0 aromatic heterocycles. The van der Waals surface area contributed by atoms with Crippen molar-refractivity contribution >= 4 is 5.91 Å². The van der Waals surface area contributed by atoms with Gasteiger partial charge in [-0.2, -0.15) is 0 Å². The lowest BCUT2D eigenvalue weighted by Crippen LogP contribution is -2.40. The summed E-state index contributed by atoms with van der Waals surface area (Å²) in [5.74, 6) is 0.00437. The number of carbonyl (C=O) groups is 1. The molecule has 2 aromatic carbocycles. The zero-order chi connectivity index (χ0) is 16.8. The molecular formula is C21H26N2O. The Kier molecular flexibility index (Phi) is 5.65. The van der Waals surface area contributed by atoms with Crippen molar-refractivity contribution in [3.05, 3.63) is 71.3 Å². The molecule has 1 saturated heterocycles. The number of hydrogen-bond donors (Lipinski definition) is 1. The Hall–Kier alpha value is -2.13. The second kappa shape index (κ2) is 8.11. The summed E-state index contributed by atoms with van der Waals surface area (Å²) in [7, 11) is 0. The van der Waals surface area contributed by atoms with Crippen molar-refractivity contribution in [2.24, 2.45) is 0 Å². The summed E-state index contributed by atoms with van der Waals surface area (Å²) in [6.07, 6.45) is 3.80. The van der Waals surface area contributed by atoms with E-state index in [9.17, 15) is 4.79 Å². The number of nitrogens with zero attached hydrogens (tertiary/aromatic N) is 1. The number of benzene rings is 2.